The van der Waals surface area contributed by atoms with Crippen molar-refractivity contribution in [3.8, 4) is 0 Å². The molecule has 0 fully saturated rings. The zero-order valence-electron chi connectivity index (χ0n) is 9.80. The monoisotopic (exact) mass is 319 g/mol. The largest absolute Gasteiger partial charge is 0.390 e. The molecule has 0 amide bonds. The third-order valence-corrected chi connectivity index (χ3v) is 2.84. The van der Waals surface area contributed by atoms with Gasteiger partial charge in [-0.3, -0.25) is 14.9 Å². The Kier molecular flexibility index (Phi) is 5.45. The number of aliphatic hydroxyl groups excluding tert-OH is 1. The average Bonchev–Trinajstić information content (AvgIpc) is 2.31. The van der Waals surface area contributed by atoms with E-state index in [4.69, 9.17) is 0 Å². The number of halogens is 1. The fourth-order valence-corrected chi connectivity index (χ4v) is 1.88. The summed E-state index contributed by atoms with van der Waals surface area (Å²) in [7, 11) is 0. The third-order valence-electron chi connectivity index (χ3n) is 2.28. The molecule has 100 valence electrons. The van der Waals surface area contributed by atoms with Crippen LogP contribution in [0, 0.1) is 10.1 Å². The molecule has 1 aromatic rings. The minimum Gasteiger partial charge on any atom is -0.390 e. The van der Waals surface area contributed by atoms with E-state index in [0.29, 0.717) is 13.1 Å². The molecular weight excluding hydrogens is 306 g/mol. The maximum absolute atomic E-state index is 11.7. The Morgan fingerprint density at radius 3 is 2.89 bits per heavy atom. The lowest BCUT2D eigenvalue weighted by Gasteiger charge is -2.12. The van der Waals surface area contributed by atoms with Crippen molar-refractivity contribution in [2.75, 3.05) is 13.1 Å². The maximum atomic E-state index is 11.7. The zero-order valence-corrected chi connectivity index (χ0v) is 11.4. The van der Waals surface area contributed by atoms with Gasteiger partial charge in [-0.05, 0) is 22.5 Å². The van der Waals surface area contributed by atoms with E-state index in [9.17, 15) is 20.0 Å². The molecule has 1 aromatic heterocycles. The van der Waals surface area contributed by atoms with Crippen molar-refractivity contribution >= 4 is 21.6 Å². The van der Waals surface area contributed by atoms with Gasteiger partial charge in [0.15, 0.2) is 0 Å². The van der Waals surface area contributed by atoms with Crippen LogP contribution in [0.25, 0.3) is 0 Å². The van der Waals surface area contributed by atoms with Crippen LogP contribution in [0.4, 0.5) is 5.69 Å². The highest BCUT2D eigenvalue weighted by atomic mass is 79.9. The van der Waals surface area contributed by atoms with Crippen LogP contribution in [0.5, 0.6) is 0 Å². The summed E-state index contributed by atoms with van der Waals surface area (Å²) < 4.78 is 1.23. The Labute approximate surface area is 112 Å². The fourth-order valence-electron chi connectivity index (χ4n) is 1.42. The van der Waals surface area contributed by atoms with Gasteiger partial charge < -0.3 is 15.0 Å². The molecule has 0 saturated heterocycles. The summed E-state index contributed by atoms with van der Waals surface area (Å²) in [6.45, 7) is 2.92. The van der Waals surface area contributed by atoms with Gasteiger partial charge in [0.05, 0.1) is 28.2 Å². The second-order valence-corrected chi connectivity index (χ2v) is 4.58. The second kappa shape index (κ2) is 6.62. The lowest BCUT2D eigenvalue weighted by molar-refractivity contribution is -0.385. The van der Waals surface area contributed by atoms with Crippen LogP contribution < -0.4 is 10.9 Å². The molecule has 8 heteroatoms. The Balaban J connectivity index is 2.94. The van der Waals surface area contributed by atoms with Crippen LogP contribution in [0.1, 0.15) is 6.92 Å². The molecule has 0 aliphatic rings. The van der Waals surface area contributed by atoms with Crippen molar-refractivity contribution in [1.82, 2.24) is 9.88 Å². The molecule has 0 bridgehead atoms. The summed E-state index contributed by atoms with van der Waals surface area (Å²) in [6, 6.07) is 1.15. The minimum absolute atomic E-state index is 0.00606. The molecule has 1 atom stereocenters. The molecule has 0 saturated carbocycles. The van der Waals surface area contributed by atoms with E-state index in [2.05, 4.69) is 21.2 Å². The van der Waals surface area contributed by atoms with Crippen molar-refractivity contribution in [2.24, 2.45) is 0 Å². The SMILES string of the molecule is CCNCC(O)Cn1cc([N+](=O)[O-])cc(Br)c1=O. The van der Waals surface area contributed by atoms with Gasteiger partial charge in [-0.15, -0.1) is 0 Å². The quantitative estimate of drug-likeness (QED) is 0.587. The Morgan fingerprint density at radius 2 is 2.33 bits per heavy atom. The molecule has 0 aromatic carbocycles. The number of hydrogen-bond acceptors (Lipinski definition) is 5. The predicted octanol–water partition coefficient (Wildman–Crippen LogP) is 0.489. The molecule has 0 aliphatic heterocycles. The fraction of sp³-hybridized carbons (Fsp3) is 0.500. The highest BCUT2D eigenvalue weighted by molar-refractivity contribution is 9.10. The van der Waals surface area contributed by atoms with Gasteiger partial charge >= 0.3 is 0 Å². The molecule has 0 radical (unpaired) electrons. The lowest BCUT2D eigenvalue weighted by Crippen LogP contribution is -2.34. The number of likely N-dealkylation sites (N-methyl/N-ethyl adjacent to an activating group) is 1. The normalized spacial score (nSPS) is 12.4. The van der Waals surface area contributed by atoms with Gasteiger partial charge in [-0.2, -0.15) is 0 Å². The first kappa shape index (κ1) is 14.8. The number of hydrogen-bond donors (Lipinski definition) is 2. The number of nitro groups is 1. The van der Waals surface area contributed by atoms with Gasteiger partial charge in [0.1, 0.15) is 0 Å². The van der Waals surface area contributed by atoms with E-state index in [1.807, 2.05) is 6.92 Å². The maximum Gasteiger partial charge on any atom is 0.286 e. The van der Waals surface area contributed by atoms with Crippen molar-refractivity contribution < 1.29 is 10.0 Å². The van der Waals surface area contributed by atoms with E-state index in [1.165, 1.54) is 0 Å². The van der Waals surface area contributed by atoms with Crippen molar-refractivity contribution in [3.05, 3.63) is 37.2 Å². The Bertz CT molecular complexity index is 489. The first-order valence-corrected chi connectivity index (χ1v) is 6.18. The smallest absolute Gasteiger partial charge is 0.286 e. The summed E-state index contributed by atoms with van der Waals surface area (Å²) in [5.41, 5.74) is -0.603. The molecule has 0 spiro atoms. The van der Waals surface area contributed by atoms with Crippen LogP contribution in [-0.4, -0.2) is 33.8 Å². The van der Waals surface area contributed by atoms with Gasteiger partial charge in [0.2, 0.25) is 0 Å². The highest BCUT2D eigenvalue weighted by Gasteiger charge is 2.14. The van der Waals surface area contributed by atoms with Crippen LogP contribution in [0.3, 0.4) is 0 Å². The number of aromatic nitrogens is 1. The first-order chi connectivity index (χ1) is 8.45. The first-order valence-electron chi connectivity index (χ1n) is 5.38. The molecule has 7 nitrogen and oxygen atoms in total. The molecule has 1 rings (SSSR count). The van der Waals surface area contributed by atoms with Crippen molar-refractivity contribution in [1.29, 1.82) is 0 Å². The van der Waals surface area contributed by atoms with Gasteiger partial charge in [0.25, 0.3) is 11.2 Å². The van der Waals surface area contributed by atoms with Crippen molar-refractivity contribution in [2.45, 2.75) is 19.6 Å². The minimum atomic E-state index is -0.781. The van der Waals surface area contributed by atoms with Crippen LogP contribution in [0.15, 0.2) is 21.5 Å². The van der Waals surface area contributed by atoms with Gasteiger partial charge in [-0.1, -0.05) is 6.92 Å². The zero-order chi connectivity index (χ0) is 13.7. The lowest BCUT2D eigenvalue weighted by atomic mass is 10.3. The van der Waals surface area contributed by atoms with Gasteiger partial charge in [0, 0.05) is 12.6 Å². The predicted molar refractivity (Wildman–Crippen MR) is 69.6 cm³/mol. The molecule has 2 N–H and O–H groups in total. The summed E-state index contributed by atoms with van der Waals surface area (Å²) in [4.78, 5) is 21.8. The standard InChI is InChI=1S/C10H14BrN3O4/c1-2-12-4-8(15)6-13-5-7(14(17)18)3-9(11)10(13)16/h3,5,8,12,15H,2,4,6H2,1H3. The third kappa shape index (κ3) is 3.90. The van der Waals surface area contributed by atoms with Crippen molar-refractivity contribution in [3.63, 3.8) is 0 Å². The molecular formula is C10H14BrN3O4. The van der Waals surface area contributed by atoms with Crippen LogP contribution in [-0.2, 0) is 6.54 Å². The highest BCUT2D eigenvalue weighted by Crippen LogP contribution is 2.14. The summed E-state index contributed by atoms with van der Waals surface area (Å²) in [5, 5.41) is 23.3. The van der Waals surface area contributed by atoms with Gasteiger partial charge in [-0.25, -0.2) is 0 Å². The summed E-state index contributed by atoms with van der Waals surface area (Å²) >= 11 is 2.97. The number of rotatable bonds is 6. The van der Waals surface area contributed by atoms with Crippen LogP contribution >= 0.6 is 15.9 Å². The summed E-state index contributed by atoms with van der Waals surface area (Å²) in [6.07, 6.45) is 0.346. The number of pyridine rings is 1. The molecule has 18 heavy (non-hydrogen) atoms. The Hall–Kier alpha value is -1.25. The number of aliphatic hydroxyl groups is 1. The number of nitrogens with one attached hydrogen (secondary N) is 1. The molecule has 1 heterocycles. The number of nitrogens with zero attached hydrogens (tertiary/aromatic N) is 2. The van der Waals surface area contributed by atoms with E-state index in [1.54, 1.807) is 0 Å². The molecule has 1 unspecified atom stereocenters. The Morgan fingerprint density at radius 1 is 1.67 bits per heavy atom. The second-order valence-electron chi connectivity index (χ2n) is 3.72. The average molecular weight is 320 g/mol. The van der Waals surface area contributed by atoms with E-state index >= 15 is 0 Å². The van der Waals surface area contributed by atoms with E-state index in [-0.39, 0.29) is 16.7 Å². The van der Waals surface area contributed by atoms with E-state index < -0.39 is 16.6 Å². The van der Waals surface area contributed by atoms with Crippen LogP contribution in [0.2, 0.25) is 0 Å². The molecule has 0 aliphatic carbocycles. The topological polar surface area (TPSA) is 97.4 Å². The van der Waals surface area contributed by atoms with E-state index in [0.717, 1.165) is 16.8 Å². The summed E-state index contributed by atoms with van der Waals surface area (Å²) in [5.74, 6) is 0.